The largest absolute Gasteiger partial charge is 0.455 e. The van der Waals surface area contributed by atoms with Crippen molar-refractivity contribution in [2.75, 3.05) is 0 Å². The highest BCUT2D eigenvalue weighted by atomic mass is 19.1. The number of benzene rings is 4. The Labute approximate surface area is 186 Å². The van der Waals surface area contributed by atoms with E-state index in [2.05, 4.69) is 75.0 Å². The van der Waals surface area contributed by atoms with Crippen LogP contribution in [0.15, 0.2) is 60.8 Å². The van der Waals surface area contributed by atoms with Gasteiger partial charge in [-0.05, 0) is 70.6 Å². The summed E-state index contributed by atoms with van der Waals surface area (Å²) >= 11 is 0. The second-order valence-electron chi connectivity index (χ2n) is 9.36. The van der Waals surface area contributed by atoms with Gasteiger partial charge in [-0.25, -0.2) is 8.96 Å². The van der Waals surface area contributed by atoms with E-state index in [1.165, 1.54) is 39.2 Å². The summed E-state index contributed by atoms with van der Waals surface area (Å²) in [6.07, 6.45) is 3.02. The average molecular weight is 423 g/mol. The van der Waals surface area contributed by atoms with Crippen molar-refractivity contribution in [3.8, 4) is 22.8 Å². The highest BCUT2D eigenvalue weighted by Gasteiger charge is 2.33. The highest BCUT2D eigenvalue weighted by Crippen LogP contribution is 2.52. The Bertz CT molecular complexity index is 1580. The molecule has 0 N–H and O–H groups in total. The molecule has 0 fully saturated rings. The summed E-state index contributed by atoms with van der Waals surface area (Å²) in [7, 11) is 2.10. The fourth-order valence-electron chi connectivity index (χ4n) is 5.35. The first kappa shape index (κ1) is 19.2. The SMILES string of the molecule is Cc1c2c(c(CC(C)C)c3ccccc13)Oc1c3ccc(F)cc3cc3cc[n+](C)c-2c13. The molecule has 1 aromatic heterocycles. The lowest BCUT2D eigenvalue weighted by molar-refractivity contribution is -0.659. The minimum Gasteiger partial charge on any atom is -0.455 e. The molecule has 0 spiro atoms. The fraction of sp³-hybridized carbons (Fsp3) is 0.207. The lowest BCUT2D eigenvalue weighted by atomic mass is 9.85. The molecule has 0 atom stereocenters. The number of hydrogen-bond donors (Lipinski definition) is 0. The van der Waals surface area contributed by atoms with Gasteiger partial charge in [0.25, 0.3) is 0 Å². The Balaban J connectivity index is 1.84. The Hall–Kier alpha value is -3.46. The molecule has 0 saturated heterocycles. The summed E-state index contributed by atoms with van der Waals surface area (Å²) in [5.74, 6) is 2.03. The molecule has 32 heavy (non-hydrogen) atoms. The predicted molar refractivity (Wildman–Crippen MR) is 129 cm³/mol. The number of rotatable bonds is 2. The molecule has 0 bridgehead atoms. The molecule has 2 nitrogen and oxygen atoms in total. The van der Waals surface area contributed by atoms with Gasteiger partial charge in [0, 0.05) is 17.0 Å². The van der Waals surface area contributed by atoms with Crippen molar-refractivity contribution < 1.29 is 13.7 Å². The first-order valence-electron chi connectivity index (χ1n) is 11.2. The molecule has 0 unspecified atom stereocenters. The maximum Gasteiger partial charge on any atom is 0.228 e. The van der Waals surface area contributed by atoms with Crippen molar-refractivity contribution >= 4 is 32.3 Å². The van der Waals surface area contributed by atoms with Gasteiger partial charge in [-0.3, -0.25) is 0 Å². The smallest absolute Gasteiger partial charge is 0.228 e. The van der Waals surface area contributed by atoms with Crippen LogP contribution in [0.5, 0.6) is 11.5 Å². The zero-order valence-electron chi connectivity index (χ0n) is 18.8. The Morgan fingerprint density at radius 1 is 0.906 bits per heavy atom. The zero-order valence-corrected chi connectivity index (χ0v) is 18.8. The van der Waals surface area contributed by atoms with Crippen LogP contribution in [-0.2, 0) is 13.5 Å². The van der Waals surface area contributed by atoms with Gasteiger partial charge in [0.15, 0.2) is 6.20 Å². The summed E-state index contributed by atoms with van der Waals surface area (Å²) in [6, 6.07) is 17.8. The number of halogens is 1. The number of ether oxygens (including phenoxy) is 1. The van der Waals surface area contributed by atoms with Crippen molar-refractivity contribution in [1.82, 2.24) is 0 Å². The standard InChI is InChI=1S/C29H25FNO/c1-16(2)13-24-23-8-6-5-7-21(23)17(3)25-27-26-18(11-12-31(27)4)14-19-15-20(30)9-10-22(19)28(26)32-29(24)25/h5-12,14-16H,13H2,1-4H3/q+1. The van der Waals surface area contributed by atoms with Crippen molar-refractivity contribution in [2.24, 2.45) is 13.0 Å². The van der Waals surface area contributed by atoms with Crippen LogP contribution in [0.4, 0.5) is 4.39 Å². The average Bonchev–Trinajstić information content (AvgIpc) is 2.77. The van der Waals surface area contributed by atoms with E-state index >= 15 is 0 Å². The van der Waals surface area contributed by atoms with E-state index in [-0.39, 0.29) is 5.82 Å². The maximum absolute atomic E-state index is 14.1. The van der Waals surface area contributed by atoms with E-state index in [0.717, 1.165) is 39.5 Å². The normalized spacial score (nSPS) is 12.6. The molecule has 2 heterocycles. The molecule has 4 aromatic carbocycles. The molecular formula is C29H25FNO+. The molecule has 1 aliphatic rings. The van der Waals surface area contributed by atoms with Gasteiger partial charge in [0.2, 0.25) is 5.69 Å². The molecule has 0 aliphatic carbocycles. The maximum atomic E-state index is 14.1. The zero-order chi connectivity index (χ0) is 22.1. The third-order valence-electron chi connectivity index (χ3n) is 6.74. The van der Waals surface area contributed by atoms with E-state index in [4.69, 9.17) is 4.74 Å². The molecule has 5 aromatic rings. The van der Waals surface area contributed by atoms with Crippen LogP contribution in [0.1, 0.15) is 25.0 Å². The lowest BCUT2D eigenvalue weighted by Gasteiger charge is -2.26. The van der Waals surface area contributed by atoms with Crippen LogP contribution in [0.2, 0.25) is 0 Å². The number of aryl methyl sites for hydroxylation is 2. The van der Waals surface area contributed by atoms with Crippen molar-refractivity contribution in [3.63, 3.8) is 0 Å². The van der Waals surface area contributed by atoms with Crippen molar-refractivity contribution in [1.29, 1.82) is 0 Å². The Kier molecular flexibility index (Phi) is 4.07. The monoisotopic (exact) mass is 422 g/mol. The molecule has 0 radical (unpaired) electrons. The summed E-state index contributed by atoms with van der Waals surface area (Å²) in [4.78, 5) is 0. The number of aromatic nitrogens is 1. The minimum atomic E-state index is -0.232. The molecule has 6 rings (SSSR count). The van der Waals surface area contributed by atoms with Gasteiger partial charge < -0.3 is 4.74 Å². The van der Waals surface area contributed by atoms with Gasteiger partial charge in [-0.1, -0.05) is 38.1 Å². The number of pyridine rings is 1. The van der Waals surface area contributed by atoms with E-state index in [1.54, 1.807) is 6.07 Å². The first-order valence-corrected chi connectivity index (χ1v) is 11.2. The molecule has 0 amide bonds. The number of hydrogen-bond acceptors (Lipinski definition) is 1. The van der Waals surface area contributed by atoms with E-state index in [0.29, 0.717) is 5.92 Å². The number of nitrogens with zero attached hydrogens (tertiary/aromatic N) is 1. The van der Waals surface area contributed by atoms with Crippen LogP contribution in [0.25, 0.3) is 43.6 Å². The molecule has 158 valence electrons. The summed E-state index contributed by atoms with van der Waals surface area (Å²) in [5, 5.41) is 6.48. The van der Waals surface area contributed by atoms with Gasteiger partial charge in [-0.2, -0.15) is 0 Å². The second kappa shape index (κ2) is 6.77. The second-order valence-corrected chi connectivity index (χ2v) is 9.36. The van der Waals surface area contributed by atoms with Gasteiger partial charge in [0.05, 0.1) is 10.9 Å². The van der Waals surface area contributed by atoms with Gasteiger partial charge >= 0.3 is 0 Å². The summed E-state index contributed by atoms with van der Waals surface area (Å²) in [6.45, 7) is 6.69. The van der Waals surface area contributed by atoms with Crippen LogP contribution < -0.4 is 9.30 Å². The third kappa shape index (κ3) is 2.60. The van der Waals surface area contributed by atoms with Crippen LogP contribution in [0.3, 0.4) is 0 Å². The number of fused-ring (bicyclic) bond motifs is 5. The Morgan fingerprint density at radius 3 is 2.47 bits per heavy atom. The molecule has 3 heteroatoms. The van der Waals surface area contributed by atoms with E-state index in [9.17, 15) is 4.39 Å². The predicted octanol–water partition coefficient (Wildman–Crippen LogP) is 7.39. The Morgan fingerprint density at radius 2 is 1.69 bits per heavy atom. The molecule has 0 saturated carbocycles. The van der Waals surface area contributed by atoms with Crippen LogP contribution in [-0.4, -0.2) is 0 Å². The van der Waals surface area contributed by atoms with Crippen molar-refractivity contribution in [3.05, 3.63) is 77.7 Å². The summed E-state index contributed by atoms with van der Waals surface area (Å²) < 4.78 is 23.1. The lowest BCUT2D eigenvalue weighted by Crippen LogP contribution is -2.32. The van der Waals surface area contributed by atoms with Gasteiger partial charge in [-0.15, -0.1) is 0 Å². The highest BCUT2D eigenvalue weighted by molar-refractivity contribution is 6.13. The van der Waals surface area contributed by atoms with E-state index < -0.39 is 0 Å². The van der Waals surface area contributed by atoms with Crippen LogP contribution >= 0.6 is 0 Å². The first-order chi connectivity index (χ1) is 15.4. The summed E-state index contributed by atoms with van der Waals surface area (Å²) in [5.41, 5.74) is 4.81. The van der Waals surface area contributed by atoms with Crippen LogP contribution in [0, 0.1) is 18.7 Å². The van der Waals surface area contributed by atoms with Crippen molar-refractivity contribution in [2.45, 2.75) is 27.2 Å². The minimum absolute atomic E-state index is 0.232. The topological polar surface area (TPSA) is 13.1 Å². The molecular weight excluding hydrogens is 397 g/mol. The van der Waals surface area contributed by atoms with E-state index in [1.807, 2.05) is 6.07 Å². The fourth-order valence-corrected chi connectivity index (χ4v) is 5.35. The van der Waals surface area contributed by atoms with Gasteiger partial charge in [0.1, 0.15) is 24.4 Å². The third-order valence-corrected chi connectivity index (χ3v) is 6.74. The molecule has 1 aliphatic heterocycles. The quantitative estimate of drug-likeness (QED) is 0.209.